The topological polar surface area (TPSA) is 106 Å². The molecule has 0 radical (unpaired) electrons. The Hall–Kier alpha value is -2.88. The molecule has 4 heterocycles. The second-order valence-electron chi connectivity index (χ2n) is 5.76. The maximum atomic E-state index is 12.9. The minimum atomic E-state index is -0.506. The lowest BCUT2D eigenvalue weighted by Gasteiger charge is -2.23. The Morgan fingerprint density at radius 3 is 3.04 bits per heavy atom. The summed E-state index contributed by atoms with van der Waals surface area (Å²) in [4.78, 5) is 35.2. The number of anilines is 1. The van der Waals surface area contributed by atoms with E-state index in [4.69, 9.17) is 0 Å². The van der Waals surface area contributed by atoms with Gasteiger partial charge in [0.05, 0.1) is 5.56 Å². The van der Waals surface area contributed by atoms with Gasteiger partial charge in [0.2, 0.25) is 5.91 Å². The van der Waals surface area contributed by atoms with Crippen molar-refractivity contribution in [3.8, 4) is 0 Å². The standard InChI is InChI=1S/C15H15N7O2S/c1-21-12-10(19-20-21)7-9(8-17-12)14(24)22-5-2-3-11(22)13(23)18-15-16-4-6-25-15/h4,6-8,11H,2-3,5H2,1H3,(H,16,18,23). The number of thiazole rings is 1. The van der Waals surface area contributed by atoms with Crippen molar-refractivity contribution in [1.82, 2.24) is 29.9 Å². The molecular weight excluding hydrogens is 342 g/mol. The highest BCUT2D eigenvalue weighted by Crippen LogP contribution is 2.23. The largest absolute Gasteiger partial charge is 0.327 e. The third kappa shape index (κ3) is 2.84. The number of carbonyl (C=O) groups is 2. The number of aryl methyl sites for hydroxylation is 1. The summed E-state index contributed by atoms with van der Waals surface area (Å²) in [6.07, 6.45) is 4.54. The zero-order chi connectivity index (χ0) is 17.4. The number of pyridine rings is 1. The maximum Gasteiger partial charge on any atom is 0.256 e. The first-order chi connectivity index (χ1) is 12.1. The number of aromatic nitrogens is 5. The van der Waals surface area contributed by atoms with Gasteiger partial charge in [-0.25, -0.2) is 14.6 Å². The Labute approximate surface area is 146 Å². The van der Waals surface area contributed by atoms with Gasteiger partial charge in [-0.3, -0.25) is 9.59 Å². The number of hydrogen-bond donors (Lipinski definition) is 1. The van der Waals surface area contributed by atoms with Crippen molar-refractivity contribution in [2.45, 2.75) is 18.9 Å². The van der Waals surface area contributed by atoms with E-state index in [1.54, 1.807) is 34.3 Å². The lowest BCUT2D eigenvalue weighted by molar-refractivity contribution is -0.119. The molecule has 128 valence electrons. The van der Waals surface area contributed by atoms with Gasteiger partial charge in [-0.1, -0.05) is 5.21 Å². The first kappa shape index (κ1) is 15.6. The molecule has 1 saturated heterocycles. The van der Waals surface area contributed by atoms with E-state index in [0.717, 1.165) is 6.42 Å². The molecule has 1 fully saturated rings. The lowest BCUT2D eigenvalue weighted by Crippen LogP contribution is -2.43. The first-order valence-corrected chi connectivity index (χ1v) is 8.68. The molecule has 9 nitrogen and oxygen atoms in total. The van der Waals surface area contributed by atoms with Crippen LogP contribution in [0.15, 0.2) is 23.8 Å². The maximum absolute atomic E-state index is 12.9. The van der Waals surface area contributed by atoms with Gasteiger partial charge in [0.15, 0.2) is 10.8 Å². The van der Waals surface area contributed by atoms with Gasteiger partial charge >= 0.3 is 0 Å². The van der Waals surface area contributed by atoms with Crippen molar-refractivity contribution in [3.63, 3.8) is 0 Å². The van der Waals surface area contributed by atoms with Crippen LogP contribution in [0.5, 0.6) is 0 Å². The van der Waals surface area contributed by atoms with E-state index in [-0.39, 0.29) is 11.8 Å². The molecule has 4 rings (SSSR count). The summed E-state index contributed by atoms with van der Waals surface area (Å²) in [5.41, 5.74) is 1.56. The normalized spacial score (nSPS) is 17.2. The van der Waals surface area contributed by atoms with E-state index in [1.807, 2.05) is 0 Å². The third-order valence-corrected chi connectivity index (χ3v) is 4.85. The van der Waals surface area contributed by atoms with Crippen LogP contribution in [-0.2, 0) is 11.8 Å². The quantitative estimate of drug-likeness (QED) is 0.751. The van der Waals surface area contributed by atoms with E-state index in [9.17, 15) is 9.59 Å². The molecule has 1 aliphatic rings. The minimum absolute atomic E-state index is 0.214. The highest BCUT2D eigenvalue weighted by Gasteiger charge is 2.35. The number of fused-ring (bicyclic) bond motifs is 1. The highest BCUT2D eigenvalue weighted by atomic mass is 32.1. The molecule has 0 aliphatic carbocycles. The number of hydrogen-bond acceptors (Lipinski definition) is 7. The number of amides is 2. The molecule has 0 bridgehead atoms. The predicted octanol–water partition coefficient (Wildman–Crippen LogP) is 1.06. The van der Waals surface area contributed by atoms with Crippen molar-refractivity contribution < 1.29 is 9.59 Å². The van der Waals surface area contributed by atoms with Crippen LogP contribution in [0.2, 0.25) is 0 Å². The Bertz CT molecular complexity index is 937. The molecule has 0 spiro atoms. The predicted molar refractivity (Wildman–Crippen MR) is 91.1 cm³/mol. The summed E-state index contributed by atoms with van der Waals surface area (Å²) in [6.45, 7) is 0.535. The van der Waals surface area contributed by atoms with Crippen LogP contribution in [0.4, 0.5) is 5.13 Å². The van der Waals surface area contributed by atoms with Crippen LogP contribution in [0.1, 0.15) is 23.2 Å². The van der Waals surface area contributed by atoms with Crippen LogP contribution < -0.4 is 5.32 Å². The molecule has 3 aromatic rings. The first-order valence-electron chi connectivity index (χ1n) is 7.80. The highest BCUT2D eigenvalue weighted by molar-refractivity contribution is 7.13. The van der Waals surface area contributed by atoms with Crippen molar-refractivity contribution in [1.29, 1.82) is 0 Å². The number of rotatable bonds is 3. The van der Waals surface area contributed by atoms with Crippen LogP contribution in [-0.4, -0.2) is 54.3 Å². The zero-order valence-corrected chi connectivity index (χ0v) is 14.2. The summed E-state index contributed by atoms with van der Waals surface area (Å²) < 4.78 is 1.55. The monoisotopic (exact) mass is 357 g/mol. The molecule has 2 amide bonds. The van der Waals surface area contributed by atoms with Crippen LogP contribution in [0, 0.1) is 0 Å². The van der Waals surface area contributed by atoms with E-state index in [0.29, 0.717) is 34.8 Å². The van der Waals surface area contributed by atoms with Crippen molar-refractivity contribution in [2.24, 2.45) is 7.05 Å². The van der Waals surface area contributed by atoms with Gasteiger partial charge in [-0.05, 0) is 18.9 Å². The van der Waals surface area contributed by atoms with Crippen LogP contribution in [0.3, 0.4) is 0 Å². The zero-order valence-electron chi connectivity index (χ0n) is 13.4. The van der Waals surface area contributed by atoms with Gasteiger partial charge in [-0.2, -0.15) is 0 Å². The van der Waals surface area contributed by atoms with Crippen molar-refractivity contribution in [3.05, 3.63) is 29.4 Å². The number of nitrogens with one attached hydrogen (secondary N) is 1. The van der Waals surface area contributed by atoms with Gasteiger partial charge in [0.1, 0.15) is 11.6 Å². The summed E-state index contributed by atoms with van der Waals surface area (Å²) in [5, 5.41) is 13.0. The molecule has 0 aromatic carbocycles. The smallest absolute Gasteiger partial charge is 0.256 e. The molecular formula is C15H15N7O2S. The lowest BCUT2D eigenvalue weighted by atomic mass is 10.2. The fourth-order valence-corrected chi connectivity index (χ4v) is 3.50. The summed E-state index contributed by atoms with van der Waals surface area (Å²) >= 11 is 1.35. The number of carbonyl (C=O) groups excluding carboxylic acids is 2. The SMILES string of the molecule is Cn1nnc2cc(C(=O)N3CCCC3C(=O)Nc3nccs3)cnc21. The van der Waals surface area contributed by atoms with E-state index in [2.05, 4.69) is 25.6 Å². The summed E-state index contributed by atoms with van der Waals surface area (Å²) in [7, 11) is 1.74. The molecule has 3 aromatic heterocycles. The number of likely N-dealkylation sites (tertiary alicyclic amines) is 1. The van der Waals surface area contributed by atoms with Crippen molar-refractivity contribution in [2.75, 3.05) is 11.9 Å². The summed E-state index contributed by atoms with van der Waals surface area (Å²) in [6, 6.07) is 1.15. The van der Waals surface area contributed by atoms with Crippen LogP contribution >= 0.6 is 11.3 Å². The fourth-order valence-electron chi connectivity index (χ4n) is 2.97. The average Bonchev–Trinajstić information content (AvgIpc) is 3.35. The van der Waals surface area contributed by atoms with E-state index >= 15 is 0 Å². The van der Waals surface area contributed by atoms with Gasteiger partial charge in [0.25, 0.3) is 5.91 Å². The molecule has 25 heavy (non-hydrogen) atoms. The Morgan fingerprint density at radius 2 is 2.24 bits per heavy atom. The Morgan fingerprint density at radius 1 is 1.36 bits per heavy atom. The molecule has 0 saturated carbocycles. The molecule has 1 atom stereocenters. The average molecular weight is 357 g/mol. The van der Waals surface area contributed by atoms with Crippen molar-refractivity contribution >= 4 is 39.4 Å². The second kappa shape index (κ2) is 6.20. The molecule has 1 aliphatic heterocycles. The third-order valence-electron chi connectivity index (χ3n) is 4.17. The molecule has 1 unspecified atom stereocenters. The summed E-state index contributed by atoms with van der Waals surface area (Å²) in [5.74, 6) is -0.439. The minimum Gasteiger partial charge on any atom is -0.327 e. The van der Waals surface area contributed by atoms with Gasteiger partial charge in [0, 0.05) is 31.4 Å². The number of nitrogens with zero attached hydrogens (tertiary/aromatic N) is 6. The fraction of sp³-hybridized carbons (Fsp3) is 0.333. The molecule has 1 N–H and O–H groups in total. The van der Waals surface area contributed by atoms with Gasteiger partial charge in [-0.15, -0.1) is 16.4 Å². The van der Waals surface area contributed by atoms with E-state index < -0.39 is 6.04 Å². The van der Waals surface area contributed by atoms with Crippen LogP contribution in [0.25, 0.3) is 11.2 Å². The molecule has 10 heteroatoms. The van der Waals surface area contributed by atoms with Gasteiger partial charge < -0.3 is 10.2 Å². The second-order valence-corrected chi connectivity index (χ2v) is 6.66. The Balaban J connectivity index is 1.55. The van der Waals surface area contributed by atoms with E-state index in [1.165, 1.54) is 17.5 Å². The Kier molecular flexibility index (Phi) is 3.88.